The van der Waals surface area contributed by atoms with E-state index in [4.69, 9.17) is 10.5 Å². The van der Waals surface area contributed by atoms with Gasteiger partial charge < -0.3 is 52.2 Å². The van der Waals surface area contributed by atoms with Crippen molar-refractivity contribution < 1.29 is 34.8 Å². The minimum Gasteiger partial charge on any atom is -0.504 e. The maximum atomic E-state index is 14.5. The van der Waals surface area contributed by atoms with Crippen LogP contribution in [0.25, 0.3) is 5.57 Å². The van der Waals surface area contributed by atoms with Crippen molar-refractivity contribution in [3.8, 4) is 11.5 Å². The number of ketones is 2. The fourth-order valence-electron chi connectivity index (χ4n) is 17.5. The van der Waals surface area contributed by atoms with Gasteiger partial charge in [-0.1, -0.05) is 86.0 Å². The van der Waals surface area contributed by atoms with Crippen molar-refractivity contribution in [2.24, 2.45) is 64.4 Å². The highest BCUT2D eigenvalue weighted by Crippen LogP contribution is 2.67. The Bertz CT molecular complexity index is 2750. The first-order valence-corrected chi connectivity index (χ1v) is 31.1. The number of aliphatic hydroxyl groups is 3. The summed E-state index contributed by atoms with van der Waals surface area (Å²) < 4.78 is 5.44. The Morgan fingerprint density at radius 1 is 0.875 bits per heavy atom. The quantitative estimate of drug-likeness (QED) is 0.0190. The number of nitrogens with one attached hydrogen (secondary N) is 4. The topological polar surface area (TPSA) is 198 Å². The van der Waals surface area contributed by atoms with E-state index in [2.05, 4.69) is 82.0 Å². The number of aromatic hydroxyl groups is 1. The number of carbonyl (C=O) groups excluding carboxylic acids is 2. The first-order chi connectivity index (χ1) is 39.0. The molecule has 10 N–H and O–H groups in total. The van der Waals surface area contributed by atoms with E-state index in [1.54, 1.807) is 12.1 Å². The number of allylic oxidation sites excluding steroid dienone is 3. The average molecular weight is 1090 g/mol. The number of fused-ring (bicyclic) bond motifs is 4. The van der Waals surface area contributed by atoms with E-state index >= 15 is 0 Å². The zero-order valence-electron chi connectivity index (χ0n) is 47.2. The van der Waals surface area contributed by atoms with Gasteiger partial charge in [0.05, 0.1) is 25.3 Å². The predicted molar refractivity (Wildman–Crippen MR) is 315 cm³/mol. The Morgan fingerprint density at radius 3 is 2.49 bits per heavy atom. The number of nitrogens with two attached hydrogens (primary N) is 1. The standard InChI is InChI=1S/C68H91N5O7/c69-66-32-48(19-18-45-12-7-11-44(25-45)17-16-43-9-3-1-4-10-43)52(39-73-66)27-50-31-63(78)65(80-42-75)35-59(50)54(41-74)30-57(77)34-56(76)29-51-36-68(37-60-58-22-24-70-38-53(58)26-49-15-8-23-71-67(49)60)55-28-47(51)20-21-61(68)62(33-55)72-40-64(79)46-13-5-2-6-14-46/h1,3-4,7-12,15,25,30-32,35,39,46-47,49,51,53,55,58,60-62,64,66-67,70-75,78-79H,2,5-6,13-14,16-24,26-29,33-34,36-38,40-42,69H2/b54-30+/t47-,49-,51-,53-,55-,58+,60-,61+,62-,64-,66?,67+,68+/m0/s1. The van der Waals surface area contributed by atoms with Crippen LogP contribution < -0.4 is 31.7 Å². The molecule has 0 spiro atoms. The van der Waals surface area contributed by atoms with Crippen LogP contribution in [0.15, 0.2) is 108 Å². The van der Waals surface area contributed by atoms with Crippen LogP contribution in [0.1, 0.15) is 131 Å². The van der Waals surface area contributed by atoms with Gasteiger partial charge in [-0.15, -0.1) is 0 Å². The molecule has 1 saturated heterocycles. The fraction of sp³-hybridized carbons (Fsp3) is 0.588. The molecule has 3 aromatic carbocycles. The van der Waals surface area contributed by atoms with E-state index in [1.165, 1.54) is 61.3 Å². The highest BCUT2D eigenvalue weighted by Gasteiger charge is 2.62. The van der Waals surface area contributed by atoms with Gasteiger partial charge >= 0.3 is 0 Å². The predicted octanol–water partition coefficient (Wildman–Crippen LogP) is 8.80. The zero-order chi connectivity index (χ0) is 55.2. The number of aliphatic hydroxyl groups excluding tert-OH is 3. The van der Waals surface area contributed by atoms with Gasteiger partial charge in [0, 0.05) is 37.8 Å². The van der Waals surface area contributed by atoms with Crippen LogP contribution in [0.3, 0.4) is 0 Å². The van der Waals surface area contributed by atoms with Gasteiger partial charge in [0.1, 0.15) is 5.78 Å². The summed E-state index contributed by atoms with van der Waals surface area (Å²) in [4.78, 5) is 28.8. The van der Waals surface area contributed by atoms with Gasteiger partial charge in [-0.3, -0.25) is 9.59 Å². The lowest BCUT2D eigenvalue weighted by Crippen LogP contribution is -2.58. The number of dihydropyridines is 1. The van der Waals surface area contributed by atoms with E-state index in [9.17, 15) is 30.0 Å². The third-order valence-corrected chi connectivity index (χ3v) is 21.2. The summed E-state index contributed by atoms with van der Waals surface area (Å²) in [5, 5.41) is 58.7. The van der Waals surface area contributed by atoms with Crippen LogP contribution >= 0.6 is 0 Å². The number of ether oxygens (including phenoxy) is 1. The van der Waals surface area contributed by atoms with Gasteiger partial charge in [0.2, 0.25) is 0 Å². The number of benzene rings is 3. The Balaban J connectivity index is 0.795. The number of phenols is 1. The molecule has 4 bridgehead atoms. The zero-order valence-corrected chi connectivity index (χ0v) is 47.2. The molecule has 12 nitrogen and oxygen atoms in total. The normalized spacial score (nSPS) is 31.5. The largest absolute Gasteiger partial charge is 0.504 e. The molecule has 6 aliphatic carbocycles. The molecule has 0 radical (unpaired) electrons. The van der Waals surface area contributed by atoms with Crippen molar-refractivity contribution in [2.45, 2.75) is 153 Å². The molecule has 6 saturated carbocycles. The van der Waals surface area contributed by atoms with Crippen LogP contribution in [0.2, 0.25) is 0 Å². The van der Waals surface area contributed by atoms with Crippen molar-refractivity contribution in [3.63, 3.8) is 0 Å². The summed E-state index contributed by atoms with van der Waals surface area (Å²) in [6.45, 7) is 2.60. The molecule has 3 heterocycles. The fourth-order valence-corrected chi connectivity index (χ4v) is 17.5. The van der Waals surface area contributed by atoms with Crippen molar-refractivity contribution in [1.29, 1.82) is 0 Å². The lowest BCUT2D eigenvalue weighted by atomic mass is 9.52. The number of piperidine rings is 1. The summed E-state index contributed by atoms with van der Waals surface area (Å²) in [5.74, 6) is 3.97. The third-order valence-electron chi connectivity index (χ3n) is 21.2. The molecule has 12 rings (SSSR count). The van der Waals surface area contributed by atoms with Gasteiger partial charge in [0.25, 0.3) is 0 Å². The third kappa shape index (κ3) is 13.0. The molecule has 7 fully saturated rings. The second-order valence-electron chi connectivity index (χ2n) is 25.8. The summed E-state index contributed by atoms with van der Waals surface area (Å²) in [6, 6.07) is 23.3. The number of carbonyl (C=O) groups is 2. The minimum absolute atomic E-state index is 0.0223. The number of hydrogen-bond acceptors (Lipinski definition) is 12. The Morgan fingerprint density at radius 2 is 1.68 bits per heavy atom. The molecule has 80 heavy (non-hydrogen) atoms. The number of aryl methyl sites for hydroxylation is 3. The Kier molecular flexibility index (Phi) is 18.6. The first kappa shape index (κ1) is 56.9. The van der Waals surface area contributed by atoms with Gasteiger partial charge in [-0.05, 0) is 237 Å². The molecule has 9 aliphatic rings. The van der Waals surface area contributed by atoms with Crippen LogP contribution in [0.5, 0.6) is 11.5 Å². The highest BCUT2D eigenvalue weighted by atomic mass is 16.6. The maximum absolute atomic E-state index is 14.5. The lowest BCUT2D eigenvalue weighted by molar-refractivity contribution is -0.126. The van der Waals surface area contributed by atoms with E-state index < -0.39 is 13.4 Å². The molecule has 0 aromatic heterocycles. The van der Waals surface area contributed by atoms with Gasteiger partial charge in [-0.25, -0.2) is 0 Å². The van der Waals surface area contributed by atoms with E-state index in [-0.39, 0.29) is 53.1 Å². The van der Waals surface area contributed by atoms with Crippen molar-refractivity contribution in [1.82, 2.24) is 21.3 Å². The maximum Gasteiger partial charge on any atom is 0.186 e. The molecular formula is C68H91N5O7. The molecule has 0 amide bonds. The smallest absolute Gasteiger partial charge is 0.186 e. The van der Waals surface area contributed by atoms with Crippen molar-refractivity contribution in [3.05, 3.63) is 136 Å². The second kappa shape index (κ2) is 26.1. The minimum atomic E-state index is -0.675. The first-order valence-electron chi connectivity index (χ1n) is 31.1. The van der Waals surface area contributed by atoms with Crippen LogP contribution in [-0.4, -0.2) is 95.9 Å². The highest BCUT2D eigenvalue weighted by molar-refractivity contribution is 6.08. The number of phenolic OH excluding ortho intramolecular Hbond substituents is 1. The molecule has 1 unspecified atom stereocenters. The van der Waals surface area contributed by atoms with Crippen LogP contribution in [-0.2, 0) is 35.3 Å². The monoisotopic (exact) mass is 1090 g/mol. The molecule has 3 aliphatic heterocycles. The summed E-state index contributed by atoms with van der Waals surface area (Å²) in [5.41, 5.74) is 13.8. The molecule has 3 aromatic rings. The van der Waals surface area contributed by atoms with Gasteiger partial charge in [0.15, 0.2) is 24.1 Å². The molecular weight excluding hydrogens is 999 g/mol. The molecule has 12 heteroatoms. The number of Topliss-reactive ketones (excluding diaryl/α,β-unsaturated/α-hetero) is 1. The Labute approximate surface area is 475 Å². The number of rotatable bonds is 23. The van der Waals surface area contributed by atoms with E-state index in [0.29, 0.717) is 95.5 Å². The SMILES string of the molecule is NC1C=C(CCc2cccc(CCc3ccccc3)c2)C(Cc2cc(O)c(OCO)cc2/C(=C/C(=O)CC(=O)C[C@H]2C[C@@]3(C[C@H]4[C@@H]5CCNC[C@@H]5C[C@@H]5C=CCN[C@@H]45)[C@H]4C[C@@H]2CC[C@@H]3[C@@H](NC[C@H](O)C2CCCCC2)C4)CO)=CN1. The molecule has 13 atom stereocenters. The summed E-state index contributed by atoms with van der Waals surface area (Å²) >= 11 is 0. The lowest BCUT2D eigenvalue weighted by Gasteiger charge is -2.55. The Hall–Kier alpha value is -4.92. The average Bonchev–Trinajstić information content (AvgIpc) is 3.86. The molecule has 430 valence electrons. The van der Waals surface area contributed by atoms with E-state index in [0.717, 1.165) is 101 Å². The van der Waals surface area contributed by atoms with Crippen LogP contribution in [0, 0.1) is 58.7 Å². The van der Waals surface area contributed by atoms with Crippen molar-refractivity contribution in [2.75, 3.05) is 39.6 Å². The second-order valence-corrected chi connectivity index (χ2v) is 25.8. The number of hydrogen-bond donors (Lipinski definition) is 9. The van der Waals surface area contributed by atoms with Crippen LogP contribution in [0.4, 0.5) is 0 Å². The summed E-state index contributed by atoms with van der Waals surface area (Å²) in [7, 11) is 0. The van der Waals surface area contributed by atoms with E-state index in [1.807, 2.05) is 18.3 Å². The van der Waals surface area contributed by atoms with Crippen molar-refractivity contribution >= 4 is 17.1 Å². The van der Waals surface area contributed by atoms with Gasteiger partial charge in [-0.2, -0.15) is 0 Å². The summed E-state index contributed by atoms with van der Waals surface area (Å²) in [6.07, 6.45) is 28.6.